The molecule has 39 heavy (non-hydrogen) atoms. The van der Waals surface area contributed by atoms with Crippen LogP contribution in [0.1, 0.15) is 24.5 Å². The van der Waals surface area contributed by atoms with Gasteiger partial charge < -0.3 is 10.2 Å². The molecule has 1 N–H and O–H groups in total. The number of hydrogen-bond donors (Lipinski definition) is 1. The molecule has 11 heteroatoms. The van der Waals surface area contributed by atoms with Crippen molar-refractivity contribution in [2.75, 3.05) is 24.2 Å². The van der Waals surface area contributed by atoms with Crippen LogP contribution in [-0.2, 0) is 26.2 Å². The van der Waals surface area contributed by atoms with Crippen LogP contribution in [0.3, 0.4) is 0 Å². The third-order valence-corrected chi connectivity index (χ3v) is 9.49. The van der Waals surface area contributed by atoms with Gasteiger partial charge in [0.2, 0.25) is 11.8 Å². The number of benzene rings is 3. The molecule has 3 aromatic rings. The molecule has 3 rings (SSSR count). The molecule has 0 heterocycles. The average Bonchev–Trinajstić information content (AvgIpc) is 2.93. The minimum Gasteiger partial charge on any atom is -0.357 e. The van der Waals surface area contributed by atoms with Crippen molar-refractivity contribution >= 4 is 62.5 Å². The third kappa shape index (κ3) is 7.48. The molecule has 0 aliphatic rings. The third-order valence-electron chi connectivity index (χ3n) is 6.22. The highest BCUT2D eigenvalue weighted by atomic mass is 35.5. The fourth-order valence-electron chi connectivity index (χ4n) is 4.04. The molecule has 0 aromatic heterocycles. The van der Waals surface area contributed by atoms with Gasteiger partial charge in [-0.15, -0.1) is 11.8 Å². The highest BCUT2D eigenvalue weighted by Crippen LogP contribution is 2.28. The first-order valence-electron chi connectivity index (χ1n) is 12.2. The fraction of sp³-hybridized carbons (Fsp3) is 0.286. The molecule has 0 bridgehead atoms. The van der Waals surface area contributed by atoms with Crippen LogP contribution < -0.4 is 9.62 Å². The number of thioether (sulfide) groups is 1. The van der Waals surface area contributed by atoms with Crippen molar-refractivity contribution in [1.82, 2.24) is 10.2 Å². The van der Waals surface area contributed by atoms with E-state index in [0.717, 1.165) is 14.8 Å². The zero-order chi connectivity index (χ0) is 28.7. The van der Waals surface area contributed by atoms with E-state index >= 15 is 0 Å². The van der Waals surface area contributed by atoms with Crippen LogP contribution in [0, 0.1) is 6.92 Å². The van der Waals surface area contributed by atoms with Crippen LogP contribution in [0.4, 0.5) is 5.69 Å². The number of aryl methyl sites for hydroxylation is 1. The van der Waals surface area contributed by atoms with Crippen molar-refractivity contribution in [2.24, 2.45) is 0 Å². The monoisotopic (exact) mass is 607 g/mol. The Morgan fingerprint density at radius 1 is 0.974 bits per heavy atom. The van der Waals surface area contributed by atoms with Crippen molar-refractivity contribution in [1.29, 1.82) is 0 Å². The van der Waals surface area contributed by atoms with Gasteiger partial charge >= 0.3 is 0 Å². The smallest absolute Gasteiger partial charge is 0.264 e. The van der Waals surface area contributed by atoms with Crippen molar-refractivity contribution in [3.63, 3.8) is 0 Å². The van der Waals surface area contributed by atoms with E-state index in [9.17, 15) is 18.0 Å². The molecule has 0 fully saturated rings. The predicted octanol–water partition coefficient (Wildman–Crippen LogP) is 5.77. The lowest BCUT2D eigenvalue weighted by Crippen LogP contribution is -2.51. The maximum Gasteiger partial charge on any atom is 0.264 e. The van der Waals surface area contributed by atoms with E-state index < -0.39 is 28.5 Å². The minimum absolute atomic E-state index is 0.0336. The number of carbonyl (C=O) groups excluding carboxylic acids is 2. The quantitative estimate of drug-likeness (QED) is 0.279. The zero-order valence-corrected chi connectivity index (χ0v) is 25.3. The summed E-state index contributed by atoms with van der Waals surface area (Å²) in [6, 6.07) is 17.5. The summed E-state index contributed by atoms with van der Waals surface area (Å²) in [5.74, 6) is -0.898. The first-order valence-corrected chi connectivity index (χ1v) is 15.6. The van der Waals surface area contributed by atoms with Crippen molar-refractivity contribution in [3.05, 3.63) is 87.9 Å². The van der Waals surface area contributed by atoms with Crippen molar-refractivity contribution < 1.29 is 18.0 Å². The summed E-state index contributed by atoms with van der Waals surface area (Å²) in [6.45, 7) is 3.20. The highest BCUT2D eigenvalue weighted by Gasteiger charge is 2.33. The van der Waals surface area contributed by atoms with Crippen LogP contribution in [0.15, 0.2) is 76.5 Å². The number of amides is 2. The van der Waals surface area contributed by atoms with Gasteiger partial charge in [0.1, 0.15) is 12.6 Å². The first kappa shape index (κ1) is 30.8. The van der Waals surface area contributed by atoms with Crippen molar-refractivity contribution in [3.8, 4) is 0 Å². The first-order chi connectivity index (χ1) is 18.5. The Bertz CT molecular complexity index is 1420. The van der Waals surface area contributed by atoms with E-state index in [1.807, 2.05) is 13.2 Å². The summed E-state index contributed by atoms with van der Waals surface area (Å²) < 4.78 is 28.8. The van der Waals surface area contributed by atoms with E-state index in [0.29, 0.717) is 27.7 Å². The van der Waals surface area contributed by atoms with Gasteiger partial charge in [0.05, 0.1) is 20.6 Å². The summed E-state index contributed by atoms with van der Waals surface area (Å²) in [6.07, 6.45) is 2.22. The Labute approximate surface area is 244 Å². The number of nitrogens with one attached hydrogen (secondary N) is 1. The van der Waals surface area contributed by atoms with Gasteiger partial charge in [0, 0.05) is 18.5 Å². The Morgan fingerprint density at radius 3 is 2.15 bits per heavy atom. The summed E-state index contributed by atoms with van der Waals surface area (Å²) >= 11 is 13.8. The zero-order valence-electron chi connectivity index (χ0n) is 22.1. The van der Waals surface area contributed by atoms with Crippen LogP contribution in [0.25, 0.3) is 0 Å². The molecule has 0 aliphatic heterocycles. The summed E-state index contributed by atoms with van der Waals surface area (Å²) in [5, 5.41) is 3.28. The molecule has 0 aliphatic carbocycles. The molecule has 0 saturated carbocycles. The Kier molecular flexibility index (Phi) is 10.7. The van der Waals surface area contributed by atoms with E-state index in [1.54, 1.807) is 61.5 Å². The van der Waals surface area contributed by atoms with Crippen LogP contribution in [0.5, 0.6) is 0 Å². The van der Waals surface area contributed by atoms with Gasteiger partial charge in [-0.2, -0.15) is 0 Å². The molecule has 2 amide bonds. The second-order valence-corrected chi connectivity index (χ2v) is 12.4. The van der Waals surface area contributed by atoms with E-state index in [1.165, 1.54) is 35.8 Å². The van der Waals surface area contributed by atoms with Crippen LogP contribution in [-0.4, -0.2) is 51.0 Å². The van der Waals surface area contributed by atoms with Gasteiger partial charge in [0.15, 0.2) is 0 Å². The normalized spacial score (nSPS) is 12.1. The molecule has 3 aromatic carbocycles. The Hall–Kier alpha value is -2.72. The van der Waals surface area contributed by atoms with Crippen molar-refractivity contribution in [2.45, 2.75) is 42.6 Å². The molecular weight excluding hydrogens is 577 g/mol. The van der Waals surface area contributed by atoms with Gasteiger partial charge in [0.25, 0.3) is 10.0 Å². The maximum atomic E-state index is 13.9. The summed E-state index contributed by atoms with van der Waals surface area (Å²) in [4.78, 5) is 29.1. The number of anilines is 1. The average molecular weight is 609 g/mol. The Balaban J connectivity index is 2.06. The fourth-order valence-corrected chi connectivity index (χ4v) is 6.18. The van der Waals surface area contributed by atoms with E-state index in [-0.39, 0.29) is 17.3 Å². The molecule has 1 atom stereocenters. The lowest BCUT2D eigenvalue weighted by Gasteiger charge is -2.33. The molecule has 0 spiro atoms. The lowest BCUT2D eigenvalue weighted by atomic mass is 10.1. The second-order valence-electron chi connectivity index (χ2n) is 8.83. The van der Waals surface area contributed by atoms with Gasteiger partial charge in [-0.1, -0.05) is 53.9 Å². The SMILES string of the molecule is CCC(C(=O)NC)N(Cc1ccc(Cl)c(Cl)c1)C(=O)CN(c1ccc(C)cc1)S(=O)(=O)c1ccc(SC)cc1. The topological polar surface area (TPSA) is 86.8 Å². The van der Waals surface area contributed by atoms with E-state index in [4.69, 9.17) is 23.2 Å². The number of likely N-dealkylation sites (N-methyl/N-ethyl adjacent to an activating group) is 1. The minimum atomic E-state index is -4.13. The van der Waals surface area contributed by atoms with E-state index in [2.05, 4.69) is 5.32 Å². The number of nitrogens with zero attached hydrogens (tertiary/aromatic N) is 2. The number of carbonyl (C=O) groups is 2. The predicted molar refractivity (Wildman–Crippen MR) is 159 cm³/mol. The summed E-state index contributed by atoms with van der Waals surface area (Å²) in [5.41, 5.74) is 1.93. The number of halogens is 2. The molecule has 0 radical (unpaired) electrons. The Morgan fingerprint density at radius 2 is 1.62 bits per heavy atom. The van der Waals surface area contributed by atoms with Gasteiger partial charge in [-0.05, 0) is 73.7 Å². The standard InChI is InChI=1S/C28H31Cl2N3O4S2/c1-5-26(28(35)31-3)32(17-20-8-15-24(29)25(30)16-20)27(34)18-33(21-9-6-19(2)7-10-21)39(36,37)23-13-11-22(38-4)12-14-23/h6-16,26H,5,17-18H2,1-4H3,(H,31,35). The summed E-state index contributed by atoms with van der Waals surface area (Å²) in [7, 11) is -2.63. The van der Waals surface area contributed by atoms with Crippen LogP contribution in [0.2, 0.25) is 10.0 Å². The highest BCUT2D eigenvalue weighted by molar-refractivity contribution is 7.98. The largest absolute Gasteiger partial charge is 0.357 e. The molecule has 0 saturated heterocycles. The maximum absolute atomic E-state index is 13.9. The lowest BCUT2D eigenvalue weighted by molar-refractivity contribution is -0.140. The molecule has 7 nitrogen and oxygen atoms in total. The van der Waals surface area contributed by atoms with Gasteiger partial charge in [-0.25, -0.2) is 8.42 Å². The molecule has 1 unspecified atom stereocenters. The molecular formula is C28H31Cl2N3O4S2. The second kappa shape index (κ2) is 13.6. The number of sulfonamides is 1. The van der Waals surface area contributed by atoms with Gasteiger partial charge in [-0.3, -0.25) is 13.9 Å². The molecule has 208 valence electrons. The van der Waals surface area contributed by atoms with Crippen LogP contribution >= 0.6 is 35.0 Å². The number of rotatable bonds is 11. The number of hydrogen-bond acceptors (Lipinski definition) is 5.